The number of benzene rings is 1. The highest BCUT2D eigenvalue weighted by Gasteiger charge is 2.26. The van der Waals surface area contributed by atoms with E-state index in [2.05, 4.69) is 21.1 Å². The van der Waals surface area contributed by atoms with Gasteiger partial charge in [0.25, 0.3) is 0 Å². The number of nitrogens with one attached hydrogen (secondary N) is 2. The minimum atomic E-state index is -0.356. The number of hydrogen-bond acceptors (Lipinski definition) is 6. The summed E-state index contributed by atoms with van der Waals surface area (Å²) in [4.78, 5) is 23.3. The molecule has 2 amide bonds. The molecule has 1 aromatic carbocycles. The van der Waals surface area contributed by atoms with Crippen LogP contribution in [-0.4, -0.2) is 35.5 Å². The third-order valence-corrected chi connectivity index (χ3v) is 3.51. The minimum absolute atomic E-state index is 0.0462. The molecular weight excluding hydrogens is 312 g/mol. The van der Waals surface area contributed by atoms with E-state index in [0.717, 1.165) is 0 Å². The van der Waals surface area contributed by atoms with E-state index in [1.54, 1.807) is 19.1 Å². The fourth-order valence-corrected chi connectivity index (χ4v) is 2.22. The fourth-order valence-electron chi connectivity index (χ4n) is 2.22. The van der Waals surface area contributed by atoms with Gasteiger partial charge in [0.1, 0.15) is 0 Å². The van der Waals surface area contributed by atoms with Gasteiger partial charge in [0.05, 0.1) is 18.7 Å². The molecule has 2 rings (SSSR count). The van der Waals surface area contributed by atoms with Crippen molar-refractivity contribution in [3.8, 4) is 11.5 Å². The van der Waals surface area contributed by atoms with E-state index in [0.29, 0.717) is 30.1 Å². The highest BCUT2D eigenvalue weighted by molar-refractivity contribution is 6.07. The van der Waals surface area contributed by atoms with Gasteiger partial charge in [-0.05, 0) is 44.0 Å². The summed E-state index contributed by atoms with van der Waals surface area (Å²) in [6.07, 6.45) is 2.01. The monoisotopic (exact) mass is 332 g/mol. The van der Waals surface area contributed by atoms with Crippen LogP contribution in [0.3, 0.4) is 0 Å². The highest BCUT2D eigenvalue weighted by atomic mass is 16.5. The Balaban J connectivity index is 1.83. The molecule has 1 aliphatic rings. The predicted molar refractivity (Wildman–Crippen MR) is 89.0 cm³/mol. The molecule has 0 aliphatic carbocycles. The molecule has 0 bridgehead atoms. The molecule has 1 heterocycles. The molecule has 0 unspecified atom stereocenters. The molecule has 8 nitrogen and oxygen atoms in total. The van der Waals surface area contributed by atoms with E-state index in [1.165, 1.54) is 12.3 Å². The van der Waals surface area contributed by atoms with Crippen molar-refractivity contribution in [2.45, 2.75) is 26.7 Å². The largest absolute Gasteiger partial charge is 0.504 e. The molecule has 0 saturated carbocycles. The van der Waals surface area contributed by atoms with Crippen molar-refractivity contribution < 1.29 is 19.4 Å². The Hall–Kier alpha value is -2.90. The first-order valence-electron chi connectivity index (χ1n) is 7.63. The molecule has 0 fully saturated rings. The molecular formula is C16H20N4O4. The number of ether oxygens (including phenoxy) is 1. The molecule has 1 aromatic rings. The highest BCUT2D eigenvalue weighted by Crippen LogP contribution is 2.26. The lowest BCUT2D eigenvalue weighted by Gasteiger charge is -2.07. The molecule has 1 aliphatic heterocycles. The minimum Gasteiger partial charge on any atom is -0.504 e. The molecule has 0 radical (unpaired) electrons. The predicted octanol–water partition coefficient (Wildman–Crippen LogP) is 1.14. The number of amides is 2. The van der Waals surface area contributed by atoms with Crippen LogP contribution >= 0.6 is 0 Å². The Labute approximate surface area is 139 Å². The van der Waals surface area contributed by atoms with Crippen LogP contribution in [0.25, 0.3) is 0 Å². The summed E-state index contributed by atoms with van der Waals surface area (Å²) in [6, 6.07) is 4.77. The van der Waals surface area contributed by atoms with E-state index >= 15 is 0 Å². The molecule has 3 N–H and O–H groups in total. The Morgan fingerprint density at radius 1 is 1.54 bits per heavy atom. The first kappa shape index (κ1) is 17.5. The maximum Gasteiger partial charge on any atom is 0.248 e. The summed E-state index contributed by atoms with van der Waals surface area (Å²) in [7, 11) is 0. The summed E-state index contributed by atoms with van der Waals surface area (Å²) in [5.41, 5.74) is 6.15. The zero-order chi connectivity index (χ0) is 17.5. The second-order valence-corrected chi connectivity index (χ2v) is 5.27. The third kappa shape index (κ3) is 4.55. The van der Waals surface area contributed by atoms with Crippen molar-refractivity contribution in [1.82, 2.24) is 10.9 Å². The lowest BCUT2D eigenvalue weighted by atomic mass is 9.99. The zero-order valence-corrected chi connectivity index (χ0v) is 13.6. The van der Waals surface area contributed by atoms with Gasteiger partial charge < -0.3 is 9.84 Å². The van der Waals surface area contributed by atoms with E-state index in [4.69, 9.17) is 4.74 Å². The SMILES string of the molecule is CCOc1cc(/C=N\NC(=O)CC[C@H]2C(=O)NN=C2C)ccc1O. The summed E-state index contributed by atoms with van der Waals surface area (Å²) in [6.45, 7) is 4.00. The first-order chi connectivity index (χ1) is 11.5. The zero-order valence-electron chi connectivity index (χ0n) is 13.6. The second-order valence-electron chi connectivity index (χ2n) is 5.27. The topological polar surface area (TPSA) is 112 Å². The average Bonchev–Trinajstić information content (AvgIpc) is 2.87. The van der Waals surface area contributed by atoms with Crippen LogP contribution in [0.5, 0.6) is 11.5 Å². The normalized spacial score (nSPS) is 16.8. The molecule has 0 spiro atoms. The van der Waals surface area contributed by atoms with Crippen LogP contribution in [0.1, 0.15) is 32.3 Å². The van der Waals surface area contributed by atoms with Crippen molar-refractivity contribution in [2.75, 3.05) is 6.61 Å². The van der Waals surface area contributed by atoms with Crippen LogP contribution in [0, 0.1) is 5.92 Å². The lowest BCUT2D eigenvalue weighted by Crippen LogP contribution is -2.25. The van der Waals surface area contributed by atoms with Crippen LogP contribution in [0.15, 0.2) is 28.4 Å². The van der Waals surface area contributed by atoms with Gasteiger partial charge in [-0.1, -0.05) is 0 Å². The number of phenolic OH excluding ortho intramolecular Hbond substituents is 1. The molecule has 0 aromatic heterocycles. The van der Waals surface area contributed by atoms with Crippen LogP contribution in [0.4, 0.5) is 0 Å². The number of phenols is 1. The smallest absolute Gasteiger partial charge is 0.248 e. The van der Waals surface area contributed by atoms with Gasteiger partial charge in [0, 0.05) is 12.1 Å². The summed E-state index contributed by atoms with van der Waals surface area (Å²) in [5.74, 6) is -0.427. The second kappa shape index (κ2) is 8.09. The Morgan fingerprint density at radius 3 is 3.00 bits per heavy atom. The fraction of sp³-hybridized carbons (Fsp3) is 0.375. The number of hydrazone groups is 2. The molecule has 1 atom stereocenters. The van der Waals surface area contributed by atoms with Gasteiger partial charge >= 0.3 is 0 Å². The van der Waals surface area contributed by atoms with Gasteiger partial charge in [-0.2, -0.15) is 10.2 Å². The Kier molecular flexibility index (Phi) is 5.89. The maximum atomic E-state index is 11.8. The Bertz CT molecular complexity index is 685. The van der Waals surface area contributed by atoms with E-state index in [1.807, 2.05) is 6.92 Å². The van der Waals surface area contributed by atoms with E-state index in [-0.39, 0.29) is 29.9 Å². The molecule has 0 saturated heterocycles. The maximum absolute atomic E-state index is 11.8. The van der Waals surface area contributed by atoms with Gasteiger partial charge in [-0.15, -0.1) is 0 Å². The summed E-state index contributed by atoms with van der Waals surface area (Å²) in [5, 5.41) is 17.3. The number of carbonyl (C=O) groups excluding carboxylic acids is 2. The van der Waals surface area contributed by atoms with Crippen molar-refractivity contribution in [1.29, 1.82) is 0 Å². The number of rotatable bonds is 7. The molecule has 128 valence electrons. The quantitative estimate of drug-likeness (QED) is 0.513. The van der Waals surface area contributed by atoms with Crippen molar-refractivity contribution in [2.24, 2.45) is 16.1 Å². The van der Waals surface area contributed by atoms with Crippen molar-refractivity contribution in [3.05, 3.63) is 23.8 Å². The summed E-state index contributed by atoms with van der Waals surface area (Å²) >= 11 is 0. The van der Waals surface area contributed by atoms with Crippen molar-refractivity contribution in [3.63, 3.8) is 0 Å². The van der Waals surface area contributed by atoms with Gasteiger partial charge in [-0.3, -0.25) is 9.59 Å². The number of nitrogens with zero attached hydrogens (tertiary/aromatic N) is 2. The van der Waals surface area contributed by atoms with Crippen molar-refractivity contribution >= 4 is 23.7 Å². The molecule has 8 heteroatoms. The van der Waals surface area contributed by atoms with Gasteiger partial charge in [0.2, 0.25) is 11.8 Å². The number of hydrogen-bond donors (Lipinski definition) is 3. The van der Waals surface area contributed by atoms with Gasteiger partial charge in [-0.25, -0.2) is 10.9 Å². The van der Waals surface area contributed by atoms with Crippen LogP contribution < -0.4 is 15.6 Å². The number of carbonyl (C=O) groups is 2. The van der Waals surface area contributed by atoms with E-state index < -0.39 is 0 Å². The third-order valence-electron chi connectivity index (χ3n) is 3.51. The summed E-state index contributed by atoms with van der Waals surface area (Å²) < 4.78 is 5.27. The van der Waals surface area contributed by atoms with Crippen LogP contribution in [0.2, 0.25) is 0 Å². The lowest BCUT2D eigenvalue weighted by molar-refractivity contribution is -0.123. The van der Waals surface area contributed by atoms with E-state index in [9.17, 15) is 14.7 Å². The molecule has 24 heavy (non-hydrogen) atoms. The average molecular weight is 332 g/mol. The first-order valence-corrected chi connectivity index (χ1v) is 7.63. The number of aromatic hydroxyl groups is 1. The Morgan fingerprint density at radius 2 is 2.33 bits per heavy atom. The standard InChI is InChI=1S/C16H20N4O4/c1-3-24-14-8-11(4-6-13(14)21)9-17-19-15(22)7-5-12-10(2)18-20-16(12)23/h4,6,8-9,12,21H,3,5,7H2,1-2H3,(H,19,22)(H,20,23)/b17-9-/t12-/m1/s1. The van der Waals surface area contributed by atoms with Gasteiger partial charge in [0.15, 0.2) is 11.5 Å². The van der Waals surface area contributed by atoms with Crippen LogP contribution in [-0.2, 0) is 9.59 Å².